The van der Waals surface area contributed by atoms with Crippen LogP contribution in [0.5, 0.6) is 5.75 Å². The van der Waals surface area contributed by atoms with Crippen molar-refractivity contribution in [3.05, 3.63) is 59.5 Å². The number of ether oxygens (including phenoxy) is 1. The maximum Gasteiger partial charge on any atom is 0.254 e. The Morgan fingerprint density at radius 2 is 1.91 bits per heavy atom. The second kappa shape index (κ2) is 9.80. The molecule has 5 rings (SSSR count). The van der Waals surface area contributed by atoms with Crippen molar-refractivity contribution >= 4 is 17.5 Å². The molecule has 2 aliphatic heterocycles. The van der Waals surface area contributed by atoms with E-state index in [1.54, 1.807) is 10.7 Å². The number of piperidine rings is 1. The molecule has 3 aromatic rings. The lowest BCUT2D eigenvalue weighted by molar-refractivity contribution is 0.0602. The average molecular weight is 463 g/mol. The fraction of sp³-hybridized carbons (Fsp3) is 0.440. The first kappa shape index (κ1) is 22.3. The first-order chi connectivity index (χ1) is 16.6. The van der Waals surface area contributed by atoms with Crippen molar-refractivity contribution in [2.24, 2.45) is 5.73 Å². The van der Waals surface area contributed by atoms with Crippen molar-refractivity contribution in [3.63, 3.8) is 0 Å². The second-order valence-corrected chi connectivity index (χ2v) is 8.96. The standard InChI is InChI=1S/C25H30N6O3/c26-23(32)20-17-28-31-22(9-10-27-24(20)31)21-8-1-2-13-30(21)25(33)18-6-5-7-19(16-18)34-15-14-29-11-3-4-12-29/h5-7,9-10,16-17,21H,1-4,8,11-15H2,(H2,26,32)/t21-/m1/s1. The number of nitrogens with two attached hydrogens (primary N) is 1. The first-order valence-electron chi connectivity index (χ1n) is 12.0. The molecular formula is C25H30N6O3. The van der Waals surface area contributed by atoms with Crippen LogP contribution in [0.15, 0.2) is 42.7 Å². The fourth-order valence-corrected chi connectivity index (χ4v) is 5.00. The van der Waals surface area contributed by atoms with E-state index in [-0.39, 0.29) is 17.5 Å². The SMILES string of the molecule is NC(=O)c1cnn2c([C@H]3CCCCN3C(=O)c3cccc(OCCN4CCCC4)c3)ccnc12. The van der Waals surface area contributed by atoms with E-state index in [1.165, 1.54) is 19.0 Å². The van der Waals surface area contributed by atoms with Crippen LogP contribution in [-0.4, -0.2) is 69.0 Å². The summed E-state index contributed by atoms with van der Waals surface area (Å²) in [5.74, 6) is 0.0998. The highest BCUT2D eigenvalue weighted by Crippen LogP contribution is 2.33. The zero-order valence-corrected chi connectivity index (χ0v) is 19.2. The quantitative estimate of drug-likeness (QED) is 0.579. The third-order valence-corrected chi connectivity index (χ3v) is 6.76. The summed E-state index contributed by atoms with van der Waals surface area (Å²) in [5, 5.41) is 4.35. The van der Waals surface area contributed by atoms with Crippen molar-refractivity contribution < 1.29 is 14.3 Å². The number of nitrogens with zero attached hydrogens (tertiary/aromatic N) is 5. The Balaban J connectivity index is 1.36. The first-order valence-corrected chi connectivity index (χ1v) is 12.0. The molecule has 2 N–H and O–H groups in total. The molecule has 1 atom stereocenters. The van der Waals surface area contributed by atoms with Crippen LogP contribution in [0.1, 0.15) is 64.6 Å². The molecule has 0 bridgehead atoms. The molecule has 0 unspecified atom stereocenters. The van der Waals surface area contributed by atoms with Crippen LogP contribution in [0.3, 0.4) is 0 Å². The maximum absolute atomic E-state index is 13.6. The normalized spacial score (nSPS) is 18.9. The predicted octanol–water partition coefficient (Wildman–Crippen LogP) is 2.67. The minimum atomic E-state index is -0.572. The summed E-state index contributed by atoms with van der Waals surface area (Å²) >= 11 is 0. The summed E-state index contributed by atoms with van der Waals surface area (Å²) in [6, 6.07) is 9.12. The lowest BCUT2D eigenvalue weighted by Crippen LogP contribution is -2.39. The molecular weight excluding hydrogens is 432 g/mol. The fourth-order valence-electron chi connectivity index (χ4n) is 5.00. The number of fused-ring (bicyclic) bond motifs is 1. The number of aromatic nitrogens is 3. The van der Waals surface area contributed by atoms with E-state index in [1.807, 2.05) is 35.2 Å². The third kappa shape index (κ3) is 4.48. The van der Waals surface area contributed by atoms with E-state index in [0.717, 1.165) is 44.6 Å². The number of primary amides is 1. The highest BCUT2D eigenvalue weighted by Gasteiger charge is 2.31. The molecule has 178 valence electrons. The predicted molar refractivity (Wildman–Crippen MR) is 127 cm³/mol. The molecule has 4 heterocycles. The van der Waals surface area contributed by atoms with Gasteiger partial charge in [-0.3, -0.25) is 14.5 Å². The Morgan fingerprint density at radius 3 is 2.74 bits per heavy atom. The van der Waals surface area contributed by atoms with Gasteiger partial charge in [0.25, 0.3) is 11.8 Å². The summed E-state index contributed by atoms with van der Waals surface area (Å²) in [6.45, 7) is 4.44. The number of hydrogen-bond acceptors (Lipinski definition) is 6. The highest BCUT2D eigenvalue weighted by atomic mass is 16.5. The van der Waals surface area contributed by atoms with Gasteiger partial charge in [0.1, 0.15) is 17.9 Å². The van der Waals surface area contributed by atoms with E-state index in [0.29, 0.717) is 30.1 Å². The van der Waals surface area contributed by atoms with Gasteiger partial charge >= 0.3 is 0 Å². The molecule has 2 amide bonds. The molecule has 0 aliphatic carbocycles. The van der Waals surface area contributed by atoms with Gasteiger partial charge in [-0.05, 0) is 69.5 Å². The molecule has 0 spiro atoms. The lowest BCUT2D eigenvalue weighted by Gasteiger charge is -2.36. The summed E-state index contributed by atoms with van der Waals surface area (Å²) in [4.78, 5) is 34.0. The molecule has 2 aromatic heterocycles. The minimum Gasteiger partial charge on any atom is -0.492 e. The van der Waals surface area contributed by atoms with Gasteiger partial charge < -0.3 is 15.4 Å². The van der Waals surface area contributed by atoms with Gasteiger partial charge in [-0.2, -0.15) is 5.10 Å². The van der Waals surface area contributed by atoms with Crippen LogP contribution in [-0.2, 0) is 0 Å². The van der Waals surface area contributed by atoms with Crippen LogP contribution in [0, 0.1) is 0 Å². The second-order valence-electron chi connectivity index (χ2n) is 8.96. The highest BCUT2D eigenvalue weighted by molar-refractivity contribution is 5.98. The number of rotatable bonds is 7. The van der Waals surface area contributed by atoms with Gasteiger partial charge in [-0.15, -0.1) is 0 Å². The summed E-state index contributed by atoms with van der Waals surface area (Å²) < 4.78 is 7.60. The molecule has 0 saturated carbocycles. The monoisotopic (exact) mass is 462 g/mol. The summed E-state index contributed by atoms with van der Waals surface area (Å²) in [6.07, 6.45) is 8.34. The van der Waals surface area contributed by atoms with Gasteiger partial charge in [0.15, 0.2) is 5.65 Å². The number of benzene rings is 1. The smallest absolute Gasteiger partial charge is 0.254 e. The molecule has 34 heavy (non-hydrogen) atoms. The van der Waals surface area contributed by atoms with Gasteiger partial charge in [0.2, 0.25) is 0 Å². The molecule has 2 saturated heterocycles. The van der Waals surface area contributed by atoms with Gasteiger partial charge in [0.05, 0.1) is 17.9 Å². The zero-order valence-electron chi connectivity index (χ0n) is 19.2. The number of hydrogen-bond donors (Lipinski definition) is 1. The van der Waals surface area contributed by atoms with E-state index in [9.17, 15) is 9.59 Å². The van der Waals surface area contributed by atoms with E-state index in [2.05, 4.69) is 15.0 Å². The van der Waals surface area contributed by atoms with Crippen molar-refractivity contribution in [1.82, 2.24) is 24.4 Å². The molecule has 9 nitrogen and oxygen atoms in total. The summed E-state index contributed by atoms with van der Waals surface area (Å²) in [7, 11) is 0. The maximum atomic E-state index is 13.6. The minimum absolute atomic E-state index is 0.0399. The molecule has 2 fully saturated rings. The van der Waals surface area contributed by atoms with E-state index in [4.69, 9.17) is 10.5 Å². The third-order valence-electron chi connectivity index (χ3n) is 6.76. The Kier molecular flexibility index (Phi) is 6.44. The van der Waals surface area contributed by atoms with Crippen LogP contribution in [0.2, 0.25) is 0 Å². The van der Waals surface area contributed by atoms with Gasteiger partial charge in [-0.25, -0.2) is 9.50 Å². The number of carbonyl (C=O) groups is 2. The van der Waals surface area contributed by atoms with Crippen molar-refractivity contribution in [3.8, 4) is 5.75 Å². The Morgan fingerprint density at radius 1 is 1.09 bits per heavy atom. The van der Waals surface area contributed by atoms with Crippen LogP contribution in [0.4, 0.5) is 0 Å². The largest absolute Gasteiger partial charge is 0.492 e. The van der Waals surface area contributed by atoms with Crippen LogP contribution < -0.4 is 10.5 Å². The Hall–Kier alpha value is -3.46. The number of carbonyl (C=O) groups excluding carboxylic acids is 2. The zero-order chi connectivity index (χ0) is 23.5. The van der Waals surface area contributed by atoms with Crippen molar-refractivity contribution in [2.45, 2.75) is 38.1 Å². The average Bonchev–Trinajstić information content (AvgIpc) is 3.54. The summed E-state index contributed by atoms with van der Waals surface area (Å²) in [5.41, 5.74) is 7.59. The Bertz CT molecular complexity index is 1190. The van der Waals surface area contributed by atoms with Crippen LogP contribution >= 0.6 is 0 Å². The topological polar surface area (TPSA) is 106 Å². The van der Waals surface area contributed by atoms with E-state index >= 15 is 0 Å². The van der Waals surface area contributed by atoms with Crippen molar-refractivity contribution in [2.75, 3.05) is 32.8 Å². The molecule has 0 radical (unpaired) electrons. The van der Waals surface area contributed by atoms with Gasteiger partial charge in [0, 0.05) is 24.8 Å². The molecule has 9 heteroatoms. The van der Waals surface area contributed by atoms with Crippen molar-refractivity contribution in [1.29, 1.82) is 0 Å². The van der Waals surface area contributed by atoms with Gasteiger partial charge in [-0.1, -0.05) is 6.07 Å². The van der Waals surface area contributed by atoms with E-state index < -0.39 is 5.91 Å². The number of amides is 2. The molecule has 2 aliphatic rings. The Labute approximate surface area is 198 Å². The van der Waals surface area contributed by atoms with Crippen LogP contribution in [0.25, 0.3) is 5.65 Å². The lowest BCUT2D eigenvalue weighted by atomic mass is 9.97. The molecule has 1 aromatic carbocycles. The number of likely N-dealkylation sites (tertiary alicyclic amines) is 2.